The molecule has 4 unspecified atom stereocenters. The SMILES string of the molecule is C=C1CCC2C(C(=C)C)CC(=O)C2(C)CC=C(C)CCC1OC(C)=O. The number of Topliss-reactive ketones (excluding diaryl/α,β-unsaturated/α-hetero) is 1. The van der Waals surface area contributed by atoms with Gasteiger partial charge in [0.1, 0.15) is 11.9 Å². The van der Waals surface area contributed by atoms with Gasteiger partial charge in [0.25, 0.3) is 0 Å². The van der Waals surface area contributed by atoms with Gasteiger partial charge in [0, 0.05) is 18.8 Å². The third kappa shape index (κ3) is 4.31. The van der Waals surface area contributed by atoms with Crippen molar-refractivity contribution in [2.24, 2.45) is 17.3 Å². The van der Waals surface area contributed by atoms with Crippen LogP contribution in [-0.2, 0) is 14.3 Å². The molecule has 4 atom stereocenters. The molecule has 0 aromatic carbocycles. The number of carbonyl (C=O) groups is 2. The van der Waals surface area contributed by atoms with E-state index in [1.54, 1.807) is 0 Å². The zero-order valence-corrected chi connectivity index (χ0v) is 16.2. The first-order chi connectivity index (χ1) is 11.6. The highest BCUT2D eigenvalue weighted by Gasteiger charge is 2.50. The fourth-order valence-corrected chi connectivity index (χ4v) is 4.42. The predicted molar refractivity (Wildman–Crippen MR) is 101 cm³/mol. The summed E-state index contributed by atoms with van der Waals surface area (Å²) < 4.78 is 5.51. The molecular formula is C22H32O3. The molecule has 3 nitrogen and oxygen atoms in total. The minimum atomic E-state index is -0.327. The van der Waals surface area contributed by atoms with Crippen LogP contribution in [0.25, 0.3) is 0 Å². The normalized spacial score (nSPS) is 33.9. The molecule has 3 heteroatoms. The van der Waals surface area contributed by atoms with E-state index in [1.807, 2.05) is 6.92 Å². The Hall–Kier alpha value is -1.64. The summed E-state index contributed by atoms with van der Waals surface area (Å²) in [5, 5.41) is 0. The second-order valence-electron chi connectivity index (χ2n) is 8.19. The Bertz CT molecular complexity index is 613. The lowest BCUT2D eigenvalue weighted by atomic mass is 9.70. The van der Waals surface area contributed by atoms with E-state index in [0.29, 0.717) is 12.2 Å². The molecule has 0 aromatic heterocycles. The second kappa shape index (κ2) is 7.72. The summed E-state index contributed by atoms with van der Waals surface area (Å²) in [6.07, 6.45) is 6.67. The number of hydrogen-bond donors (Lipinski definition) is 0. The number of carbonyl (C=O) groups excluding carboxylic acids is 2. The lowest BCUT2D eigenvalue weighted by Crippen LogP contribution is -2.30. The summed E-state index contributed by atoms with van der Waals surface area (Å²) >= 11 is 0. The highest BCUT2D eigenvalue weighted by atomic mass is 16.5. The molecule has 0 N–H and O–H groups in total. The number of rotatable bonds is 2. The maximum absolute atomic E-state index is 12.8. The van der Waals surface area contributed by atoms with E-state index in [2.05, 4.69) is 33.1 Å². The quantitative estimate of drug-likeness (QED) is 0.512. The molecular weight excluding hydrogens is 312 g/mol. The molecule has 1 saturated carbocycles. The van der Waals surface area contributed by atoms with Crippen molar-refractivity contribution in [3.05, 3.63) is 36.0 Å². The molecule has 2 aliphatic carbocycles. The Morgan fingerprint density at radius 1 is 1.28 bits per heavy atom. The van der Waals surface area contributed by atoms with Gasteiger partial charge in [-0.25, -0.2) is 0 Å². The standard InChI is InChI=1S/C22H32O3/c1-14(2)18-13-21(24)22(6)12-11-15(3)7-10-20(25-17(5)23)16(4)8-9-19(18)22/h11,18-20H,1,4,7-10,12-13H2,2-3,5-6H3. The summed E-state index contributed by atoms with van der Waals surface area (Å²) in [6.45, 7) is 16.0. The van der Waals surface area contributed by atoms with Crippen LogP contribution in [0, 0.1) is 17.3 Å². The van der Waals surface area contributed by atoms with Crippen LogP contribution in [-0.4, -0.2) is 17.9 Å². The minimum Gasteiger partial charge on any atom is -0.458 e. The van der Waals surface area contributed by atoms with Crippen molar-refractivity contribution in [2.45, 2.75) is 72.3 Å². The first-order valence-corrected chi connectivity index (χ1v) is 9.34. The number of fused-ring (bicyclic) bond motifs is 1. The zero-order valence-electron chi connectivity index (χ0n) is 16.2. The topological polar surface area (TPSA) is 43.4 Å². The van der Waals surface area contributed by atoms with E-state index < -0.39 is 0 Å². The van der Waals surface area contributed by atoms with Crippen molar-refractivity contribution < 1.29 is 14.3 Å². The van der Waals surface area contributed by atoms with Gasteiger partial charge >= 0.3 is 5.97 Å². The predicted octanol–water partition coefficient (Wildman–Crippen LogP) is 5.17. The van der Waals surface area contributed by atoms with E-state index in [1.165, 1.54) is 12.5 Å². The highest BCUT2D eigenvalue weighted by Crippen LogP contribution is 2.52. The molecule has 1 fully saturated rings. The lowest BCUT2D eigenvalue weighted by Gasteiger charge is -2.33. The molecule has 0 heterocycles. The molecule has 0 aliphatic heterocycles. The molecule has 0 spiro atoms. The minimum absolute atomic E-state index is 0.231. The van der Waals surface area contributed by atoms with Crippen molar-refractivity contribution in [3.8, 4) is 0 Å². The molecule has 25 heavy (non-hydrogen) atoms. The van der Waals surface area contributed by atoms with Gasteiger partial charge in [0.05, 0.1) is 0 Å². The summed E-state index contributed by atoms with van der Waals surface area (Å²) in [7, 11) is 0. The van der Waals surface area contributed by atoms with Gasteiger partial charge in [0.15, 0.2) is 0 Å². The van der Waals surface area contributed by atoms with Gasteiger partial charge in [-0.3, -0.25) is 9.59 Å². The number of ketones is 1. The van der Waals surface area contributed by atoms with Crippen LogP contribution in [0.1, 0.15) is 66.2 Å². The number of allylic oxidation sites excluding steroid dienone is 3. The largest absolute Gasteiger partial charge is 0.458 e. The monoisotopic (exact) mass is 344 g/mol. The lowest BCUT2D eigenvalue weighted by molar-refractivity contribution is -0.144. The summed E-state index contributed by atoms with van der Waals surface area (Å²) in [5.74, 6) is 0.612. The van der Waals surface area contributed by atoms with Crippen molar-refractivity contribution >= 4 is 11.8 Å². The Morgan fingerprint density at radius 2 is 1.96 bits per heavy atom. The van der Waals surface area contributed by atoms with Crippen LogP contribution in [0.2, 0.25) is 0 Å². The molecule has 138 valence electrons. The number of esters is 1. The van der Waals surface area contributed by atoms with Crippen LogP contribution in [0.5, 0.6) is 0 Å². The number of hydrogen-bond acceptors (Lipinski definition) is 3. The molecule has 2 aliphatic rings. The summed E-state index contributed by atoms with van der Waals surface area (Å²) in [4.78, 5) is 24.3. The Labute approximate surface area is 152 Å². The van der Waals surface area contributed by atoms with E-state index >= 15 is 0 Å². The van der Waals surface area contributed by atoms with Crippen LogP contribution in [0.4, 0.5) is 0 Å². The summed E-state index contributed by atoms with van der Waals surface area (Å²) in [5.41, 5.74) is 2.98. The maximum atomic E-state index is 12.8. The van der Waals surface area contributed by atoms with Gasteiger partial charge < -0.3 is 4.74 Å². The highest BCUT2D eigenvalue weighted by molar-refractivity contribution is 5.88. The van der Waals surface area contributed by atoms with Gasteiger partial charge in [0.2, 0.25) is 0 Å². The van der Waals surface area contributed by atoms with Crippen molar-refractivity contribution in [3.63, 3.8) is 0 Å². The van der Waals surface area contributed by atoms with Crippen LogP contribution >= 0.6 is 0 Å². The van der Waals surface area contributed by atoms with Crippen molar-refractivity contribution in [2.75, 3.05) is 0 Å². The van der Waals surface area contributed by atoms with Crippen molar-refractivity contribution in [1.29, 1.82) is 0 Å². The zero-order chi connectivity index (χ0) is 18.8. The van der Waals surface area contributed by atoms with Crippen molar-refractivity contribution in [1.82, 2.24) is 0 Å². The van der Waals surface area contributed by atoms with Gasteiger partial charge in [-0.1, -0.05) is 37.3 Å². The molecule has 2 rings (SSSR count). The maximum Gasteiger partial charge on any atom is 0.303 e. The fourth-order valence-electron chi connectivity index (χ4n) is 4.42. The first-order valence-electron chi connectivity index (χ1n) is 9.34. The third-order valence-electron chi connectivity index (χ3n) is 6.19. The van der Waals surface area contributed by atoms with E-state index in [0.717, 1.165) is 43.3 Å². The molecule has 0 saturated heterocycles. The molecule has 0 amide bonds. The molecule has 0 bridgehead atoms. The Balaban J connectivity index is 2.32. The van der Waals surface area contributed by atoms with E-state index in [4.69, 9.17) is 4.74 Å². The van der Waals surface area contributed by atoms with Crippen LogP contribution in [0.3, 0.4) is 0 Å². The van der Waals surface area contributed by atoms with E-state index in [9.17, 15) is 9.59 Å². The van der Waals surface area contributed by atoms with Gasteiger partial charge in [-0.05, 0) is 63.4 Å². The van der Waals surface area contributed by atoms with Gasteiger partial charge in [-0.15, -0.1) is 0 Å². The second-order valence-corrected chi connectivity index (χ2v) is 8.19. The average Bonchev–Trinajstić information content (AvgIpc) is 2.77. The summed E-state index contributed by atoms with van der Waals surface area (Å²) in [6, 6.07) is 0. The molecule has 0 radical (unpaired) electrons. The smallest absolute Gasteiger partial charge is 0.303 e. The first kappa shape index (κ1) is 19.7. The third-order valence-corrected chi connectivity index (χ3v) is 6.19. The Kier molecular flexibility index (Phi) is 6.08. The van der Waals surface area contributed by atoms with Gasteiger partial charge in [-0.2, -0.15) is 0 Å². The van der Waals surface area contributed by atoms with E-state index in [-0.39, 0.29) is 29.3 Å². The average molecular weight is 344 g/mol. The number of ether oxygens (including phenoxy) is 1. The fraction of sp³-hybridized carbons (Fsp3) is 0.636. The Morgan fingerprint density at radius 3 is 2.56 bits per heavy atom. The molecule has 0 aromatic rings. The van der Waals surface area contributed by atoms with Crippen LogP contribution in [0.15, 0.2) is 36.0 Å². The van der Waals surface area contributed by atoms with Crippen LogP contribution < -0.4 is 0 Å².